The number of nitrogens with one attached hydrogen (secondary N) is 1. The lowest BCUT2D eigenvalue weighted by atomic mass is 10.1. The van der Waals surface area contributed by atoms with Gasteiger partial charge >= 0.3 is 6.18 Å². The summed E-state index contributed by atoms with van der Waals surface area (Å²) in [6.07, 6.45) is -4.54. The SMILES string of the molecule is NC(=S)c1ccc(NC2(C(F)(F)F)CC2)c(F)c1Br. The number of alkyl halides is 3. The van der Waals surface area contributed by atoms with Crippen LogP contribution in [0.3, 0.4) is 0 Å². The summed E-state index contributed by atoms with van der Waals surface area (Å²) in [6.45, 7) is 0. The zero-order valence-electron chi connectivity index (χ0n) is 9.44. The third-order valence-electron chi connectivity index (χ3n) is 3.01. The molecule has 1 aromatic rings. The molecule has 2 nitrogen and oxygen atoms in total. The standard InChI is InChI=1S/C11H9BrF4N2S/c12-7-5(9(17)19)1-2-6(8(7)13)18-10(3-4-10)11(14,15)16/h1-2,18H,3-4H2,(H2,17,19). The minimum Gasteiger partial charge on any atom is -0.389 e. The molecular formula is C11H9BrF4N2S. The molecule has 0 unspecified atom stereocenters. The lowest BCUT2D eigenvalue weighted by molar-refractivity contribution is -0.151. The first-order chi connectivity index (χ1) is 8.68. The molecule has 0 atom stereocenters. The van der Waals surface area contributed by atoms with Crippen LogP contribution >= 0.6 is 28.1 Å². The van der Waals surface area contributed by atoms with Gasteiger partial charge in [-0.1, -0.05) is 12.2 Å². The van der Waals surface area contributed by atoms with E-state index in [0.717, 1.165) is 0 Å². The molecule has 0 radical (unpaired) electrons. The normalized spacial score (nSPS) is 17.1. The zero-order chi connectivity index (χ0) is 14.4. The second-order valence-electron chi connectivity index (χ2n) is 4.36. The van der Waals surface area contributed by atoms with Crippen LogP contribution in [0.15, 0.2) is 16.6 Å². The highest BCUT2D eigenvalue weighted by molar-refractivity contribution is 9.10. The van der Waals surface area contributed by atoms with Crippen LogP contribution in [0.2, 0.25) is 0 Å². The van der Waals surface area contributed by atoms with Crippen LogP contribution < -0.4 is 11.1 Å². The maximum Gasteiger partial charge on any atom is 0.411 e. The minimum absolute atomic E-state index is 0.0331. The first kappa shape index (κ1) is 14.5. The van der Waals surface area contributed by atoms with Gasteiger partial charge in [-0.25, -0.2) is 4.39 Å². The number of nitrogens with two attached hydrogens (primary N) is 1. The average Bonchev–Trinajstić information content (AvgIpc) is 3.05. The molecule has 3 N–H and O–H groups in total. The lowest BCUT2D eigenvalue weighted by Gasteiger charge is -2.22. The molecule has 0 amide bonds. The highest BCUT2D eigenvalue weighted by Gasteiger charge is 2.63. The van der Waals surface area contributed by atoms with Crippen molar-refractivity contribution in [2.45, 2.75) is 24.6 Å². The van der Waals surface area contributed by atoms with Crippen molar-refractivity contribution in [2.75, 3.05) is 5.32 Å². The molecule has 1 aliphatic carbocycles. The Labute approximate surface area is 120 Å². The molecule has 19 heavy (non-hydrogen) atoms. The monoisotopic (exact) mass is 356 g/mol. The molecule has 0 bridgehead atoms. The van der Waals surface area contributed by atoms with Gasteiger partial charge in [-0.05, 0) is 40.9 Å². The van der Waals surface area contributed by atoms with Gasteiger partial charge < -0.3 is 11.1 Å². The smallest absolute Gasteiger partial charge is 0.389 e. The third kappa shape index (κ3) is 2.55. The summed E-state index contributed by atoms with van der Waals surface area (Å²) in [5.41, 5.74) is 3.39. The Morgan fingerprint density at radius 2 is 1.95 bits per heavy atom. The molecule has 1 fully saturated rings. The Bertz CT molecular complexity index is 540. The third-order valence-corrected chi connectivity index (χ3v) is 4.01. The number of anilines is 1. The van der Waals surface area contributed by atoms with Crippen molar-refractivity contribution in [3.8, 4) is 0 Å². The Hall–Kier alpha value is -0.890. The topological polar surface area (TPSA) is 38.0 Å². The van der Waals surface area contributed by atoms with E-state index in [2.05, 4.69) is 21.2 Å². The van der Waals surface area contributed by atoms with Crippen molar-refractivity contribution in [2.24, 2.45) is 5.73 Å². The maximum atomic E-state index is 14.0. The molecule has 1 aromatic carbocycles. The Morgan fingerprint density at radius 1 is 1.37 bits per heavy atom. The number of hydrogen-bond donors (Lipinski definition) is 2. The molecule has 104 valence electrons. The van der Waals surface area contributed by atoms with Crippen molar-refractivity contribution in [3.05, 3.63) is 28.0 Å². The molecule has 0 spiro atoms. The molecule has 1 aliphatic rings. The van der Waals surface area contributed by atoms with Gasteiger partial charge in [0.25, 0.3) is 0 Å². The highest BCUT2D eigenvalue weighted by Crippen LogP contribution is 2.51. The fourth-order valence-corrected chi connectivity index (χ4v) is 2.56. The number of halogens is 5. The van der Waals surface area contributed by atoms with Crippen LogP contribution in [0.25, 0.3) is 0 Å². The minimum atomic E-state index is -4.41. The first-order valence-electron chi connectivity index (χ1n) is 5.31. The summed E-state index contributed by atoms with van der Waals surface area (Å²) in [6, 6.07) is 2.59. The zero-order valence-corrected chi connectivity index (χ0v) is 11.8. The van der Waals surface area contributed by atoms with E-state index in [1.807, 2.05) is 0 Å². The average molecular weight is 357 g/mol. The van der Waals surface area contributed by atoms with Crippen LogP contribution in [-0.4, -0.2) is 16.7 Å². The number of benzene rings is 1. The van der Waals surface area contributed by atoms with Gasteiger partial charge in [-0.3, -0.25) is 0 Å². The van der Waals surface area contributed by atoms with Crippen LogP contribution in [0.5, 0.6) is 0 Å². The van der Waals surface area contributed by atoms with Crippen LogP contribution in [0.1, 0.15) is 18.4 Å². The van der Waals surface area contributed by atoms with E-state index < -0.39 is 17.5 Å². The van der Waals surface area contributed by atoms with Gasteiger partial charge in [-0.2, -0.15) is 13.2 Å². The number of hydrogen-bond acceptors (Lipinski definition) is 2. The molecule has 0 saturated heterocycles. The summed E-state index contributed by atoms with van der Waals surface area (Å²) < 4.78 is 52.3. The predicted molar refractivity (Wildman–Crippen MR) is 71.6 cm³/mol. The summed E-state index contributed by atoms with van der Waals surface area (Å²) in [4.78, 5) is -0.0331. The lowest BCUT2D eigenvalue weighted by Crippen LogP contribution is -2.39. The van der Waals surface area contributed by atoms with E-state index in [1.54, 1.807) is 0 Å². The van der Waals surface area contributed by atoms with Gasteiger partial charge in [0.2, 0.25) is 0 Å². The van der Waals surface area contributed by atoms with Crippen LogP contribution in [0.4, 0.5) is 23.2 Å². The van der Waals surface area contributed by atoms with Crippen molar-refractivity contribution in [3.63, 3.8) is 0 Å². The number of thiocarbonyl (C=S) groups is 1. The van der Waals surface area contributed by atoms with Crippen molar-refractivity contribution in [1.82, 2.24) is 0 Å². The Balaban J connectivity index is 2.33. The van der Waals surface area contributed by atoms with Gasteiger partial charge in [0.1, 0.15) is 10.5 Å². The molecule has 0 aliphatic heterocycles. The molecule has 8 heteroatoms. The number of rotatable bonds is 3. The van der Waals surface area contributed by atoms with E-state index in [0.29, 0.717) is 0 Å². The molecule has 0 heterocycles. The quantitative estimate of drug-likeness (QED) is 0.640. The van der Waals surface area contributed by atoms with Crippen molar-refractivity contribution >= 4 is 38.8 Å². The van der Waals surface area contributed by atoms with E-state index >= 15 is 0 Å². The van der Waals surface area contributed by atoms with Crippen LogP contribution in [0, 0.1) is 5.82 Å². The van der Waals surface area contributed by atoms with E-state index in [4.69, 9.17) is 18.0 Å². The Morgan fingerprint density at radius 3 is 2.37 bits per heavy atom. The maximum absolute atomic E-state index is 14.0. The van der Waals surface area contributed by atoms with E-state index in [1.165, 1.54) is 12.1 Å². The highest BCUT2D eigenvalue weighted by atomic mass is 79.9. The molecule has 0 aromatic heterocycles. The van der Waals surface area contributed by atoms with Gasteiger partial charge in [-0.15, -0.1) is 0 Å². The first-order valence-corrected chi connectivity index (χ1v) is 6.51. The van der Waals surface area contributed by atoms with Gasteiger partial charge in [0, 0.05) is 5.56 Å². The second-order valence-corrected chi connectivity index (χ2v) is 5.59. The fraction of sp³-hybridized carbons (Fsp3) is 0.364. The summed E-state index contributed by atoms with van der Waals surface area (Å²) >= 11 is 7.66. The van der Waals surface area contributed by atoms with Gasteiger partial charge in [0.15, 0.2) is 5.82 Å². The summed E-state index contributed by atoms with van der Waals surface area (Å²) in [5, 5.41) is 2.23. The van der Waals surface area contributed by atoms with Gasteiger partial charge in [0.05, 0.1) is 10.2 Å². The Kier molecular flexibility index (Phi) is 3.51. The summed E-state index contributed by atoms with van der Waals surface area (Å²) in [5.74, 6) is -0.833. The van der Waals surface area contributed by atoms with Crippen molar-refractivity contribution < 1.29 is 17.6 Å². The van der Waals surface area contributed by atoms with E-state index in [9.17, 15) is 17.6 Å². The second kappa shape index (κ2) is 4.59. The van der Waals surface area contributed by atoms with Crippen molar-refractivity contribution in [1.29, 1.82) is 0 Å². The summed E-state index contributed by atoms with van der Waals surface area (Å²) in [7, 11) is 0. The molecule has 1 saturated carbocycles. The molecule has 2 rings (SSSR count). The fourth-order valence-electron chi connectivity index (χ4n) is 1.70. The molecular weight excluding hydrogens is 348 g/mol. The van der Waals surface area contributed by atoms with E-state index in [-0.39, 0.29) is 33.6 Å². The van der Waals surface area contributed by atoms with Crippen LogP contribution in [-0.2, 0) is 0 Å². The predicted octanol–water partition coefficient (Wildman–Crippen LogP) is 3.73. The largest absolute Gasteiger partial charge is 0.411 e.